The number of carbonyl (C=O) groups excluding carboxylic acids is 2. The smallest absolute Gasteiger partial charge is 0.309 e. The second-order valence-corrected chi connectivity index (χ2v) is 6.84. The minimum Gasteiger partial charge on any atom is -0.371 e. The lowest BCUT2D eigenvalue weighted by molar-refractivity contribution is -0.139. The Hall–Kier alpha value is -2.89. The fraction of sp³-hybridized carbons (Fsp3) is 0.381. The zero-order valence-corrected chi connectivity index (χ0v) is 15.4. The van der Waals surface area contributed by atoms with Gasteiger partial charge in [0.25, 0.3) is 0 Å². The Morgan fingerprint density at radius 1 is 0.963 bits per heavy atom. The van der Waals surface area contributed by atoms with E-state index in [-0.39, 0.29) is 0 Å². The van der Waals surface area contributed by atoms with E-state index in [0.717, 1.165) is 31.5 Å². The maximum Gasteiger partial charge on any atom is 0.309 e. The van der Waals surface area contributed by atoms with E-state index in [4.69, 9.17) is 0 Å². The van der Waals surface area contributed by atoms with Gasteiger partial charge >= 0.3 is 11.8 Å². The average molecular weight is 366 g/mol. The Labute approximate surface area is 160 Å². The Morgan fingerprint density at radius 2 is 1.63 bits per heavy atom. The fourth-order valence-corrected chi connectivity index (χ4v) is 3.31. The van der Waals surface area contributed by atoms with E-state index >= 15 is 0 Å². The van der Waals surface area contributed by atoms with Crippen molar-refractivity contribution >= 4 is 17.5 Å². The second-order valence-electron chi connectivity index (χ2n) is 6.84. The number of benzene rings is 1. The molecule has 1 aliphatic heterocycles. The largest absolute Gasteiger partial charge is 0.371 e. The number of nitrogens with zero attached hydrogens (tertiary/aromatic N) is 2. The summed E-state index contributed by atoms with van der Waals surface area (Å²) in [6, 6.07) is 13.9. The van der Waals surface area contributed by atoms with Crippen LogP contribution < -0.4 is 15.5 Å². The number of pyridine rings is 1. The molecule has 2 N–H and O–H groups in total. The molecule has 6 heteroatoms. The Kier molecular flexibility index (Phi) is 6.79. The minimum absolute atomic E-state index is 0.407. The molecule has 2 aromatic rings. The number of piperidine rings is 1. The van der Waals surface area contributed by atoms with Gasteiger partial charge in [-0.25, -0.2) is 0 Å². The van der Waals surface area contributed by atoms with Gasteiger partial charge in [-0.1, -0.05) is 30.3 Å². The molecule has 0 bridgehead atoms. The third-order valence-electron chi connectivity index (χ3n) is 4.94. The maximum atomic E-state index is 12.0. The van der Waals surface area contributed by atoms with Gasteiger partial charge < -0.3 is 15.5 Å². The molecule has 0 unspecified atom stereocenters. The highest BCUT2D eigenvalue weighted by Crippen LogP contribution is 2.22. The van der Waals surface area contributed by atoms with Crippen molar-refractivity contribution in [2.24, 2.45) is 5.92 Å². The van der Waals surface area contributed by atoms with Gasteiger partial charge in [-0.05, 0) is 42.9 Å². The SMILES string of the molecule is O=C(NCCc1ccccc1)C(=O)NCC1CCN(c2ccncc2)CC1. The van der Waals surface area contributed by atoms with Gasteiger partial charge in [-0.3, -0.25) is 14.6 Å². The van der Waals surface area contributed by atoms with Gasteiger partial charge in [0, 0.05) is 44.3 Å². The molecule has 142 valence electrons. The maximum absolute atomic E-state index is 12.0. The molecular formula is C21H26N4O2. The van der Waals surface area contributed by atoms with Crippen LogP contribution in [0.15, 0.2) is 54.9 Å². The molecule has 1 fully saturated rings. The third-order valence-corrected chi connectivity index (χ3v) is 4.94. The molecule has 2 amide bonds. The van der Waals surface area contributed by atoms with Crippen molar-refractivity contribution in [3.63, 3.8) is 0 Å². The highest BCUT2D eigenvalue weighted by atomic mass is 16.2. The zero-order valence-electron chi connectivity index (χ0n) is 15.4. The number of amides is 2. The average Bonchev–Trinajstić information content (AvgIpc) is 2.73. The summed E-state index contributed by atoms with van der Waals surface area (Å²) < 4.78 is 0. The summed E-state index contributed by atoms with van der Waals surface area (Å²) in [4.78, 5) is 30.3. The van der Waals surface area contributed by atoms with E-state index in [9.17, 15) is 9.59 Å². The second kappa shape index (κ2) is 9.71. The highest BCUT2D eigenvalue weighted by Gasteiger charge is 2.21. The highest BCUT2D eigenvalue weighted by molar-refractivity contribution is 6.35. The van der Waals surface area contributed by atoms with Crippen LogP contribution in [0.25, 0.3) is 0 Å². The van der Waals surface area contributed by atoms with Crippen molar-refractivity contribution in [3.05, 3.63) is 60.4 Å². The first-order valence-corrected chi connectivity index (χ1v) is 9.47. The summed E-state index contributed by atoms with van der Waals surface area (Å²) in [6.07, 6.45) is 6.32. The van der Waals surface area contributed by atoms with Gasteiger partial charge in [-0.15, -0.1) is 0 Å². The number of hydrogen-bond acceptors (Lipinski definition) is 4. The molecule has 0 spiro atoms. The Morgan fingerprint density at radius 3 is 2.33 bits per heavy atom. The summed E-state index contributed by atoms with van der Waals surface area (Å²) in [7, 11) is 0. The van der Waals surface area contributed by atoms with Crippen molar-refractivity contribution in [1.29, 1.82) is 0 Å². The summed E-state index contributed by atoms with van der Waals surface area (Å²) in [5, 5.41) is 5.46. The fourth-order valence-electron chi connectivity index (χ4n) is 3.31. The summed E-state index contributed by atoms with van der Waals surface area (Å²) in [5.41, 5.74) is 2.32. The van der Waals surface area contributed by atoms with Crippen LogP contribution in [0.5, 0.6) is 0 Å². The number of hydrogen-bond donors (Lipinski definition) is 2. The number of carbonyl (C=O) groups is 2. The van der Waals surface area contributed by atoms with E-state index in [1.54, 1.807) is 12.4 Å². The van der Waals surface area contributed by atoms with E-state index in [2.05, 4.69) is 20.5 Å². The number of nitrogens with one attached hydrogen (secondary N) is 2. The van der Waals surface area contributed by atoms with Crippen molar-refractivity contribution in [2.75, 3.05) is 31.1 Å². The van der Waals surface area contributed by atoms with Crippen LogP contribution in [0.3, 0.4) is 0 Å². The Bertz CT molecular complexity index is 728. The molecule has 1 saturated heterocycles. The standard InChI is InChI=1S/C21H26N4O2/c26-20(23-13-6-17-4-2-1-3-5-17)21(27)24-16-18-9-14-25(15-10-18)19-7-11-22-12-8-19/h1-5,7-8,11-12,18H,6,9-10,13-16H2,(H,23,26)(H,24,27). The van der Waals surface area contributed by atoms with Crippen LogP contribution in [0.1, 0.15) is 18.4 Å². The predicted molar refractivity (Wildman–Crippen MR) is 105 cm³/mol. The quantitative estimate of drug-likeness (QED) is 0.764. The summed E-state index contributed by atoms with van der Waals surface area (Å²) >= 11 is 0. The molecule has 0 radical (unpaired) electrons. The lowest BCUT2D eigenvalue weighted by Crippen LogP contribution is -2.44. The molecule has 0 aliphatic carbocycles. The lowest BCUT2D eigenvalue weighted by Gasteiger charge is -2.33. The van der Waals surface area contributed by atoms with Crippen LogP contribution >= 0.6 is 0 Å². The van der Waals surface area contributed by atoms with Gasteiger partial charge in [0.15, 0.2) is 0 Å². The monoisotopic (exact) mass is 366 g/mol. The molecule has 1 aromatic heterocycles. The first-order chi connectivity index (χ1) is 13.2. The van der Waals surface area contributed by atoms with Crippen LogP contribution in [0.2, 0.25) is 0 Å². The first kappa shape index (κ1) is 18.9. The van der Waals surface area contributed by atoms with Gasteiger partial charge in [-0.2, -0.15) is 0 Å². The van der Waals surface area contributed by atoms with Crippen LogP contribution in [0.4, 0.5) is 5.69 Å². The number of anilines is 1. The molecule has 0 saturated carbocycles. The normalized spacial score (nSPS) is 14.6. The molecule has 2 heterocycles. The molecule has 1 aliphatic rings. The number of aromatic nitrogens is 1. The van der Waals surface area contributed by atoms with Crippen molar-refractivity contribution in [2.45, 2.75) is 19.3 Å². The summed E-state index contributed by atoms with van der Waals surface area (Å²) in [6.45, 7) is 2.91. The van der Waals surface area contributed by atoms with Crippen molar-refractivity contribution < 1.29 is 9.59 Å². The van der Waals surface area contributed by atoms with Crippen molar-refractivity contribution in [3.8, 4) is 0 Å². The molecule has 6 nitrogen and oxygen atoms in total. The van der Waals surface area contributed by atoms with E-state index < -0.39 is 11.8 Å². The van der Waals surface area contributed by atoms with Crippen LogP contribution in [-0.2, 0) is 16.0 Å². The molecule has 27 heavy (non-hydrogen) atoms. The minimum atomic E-state index is -0.555. The molecular weight excluding hydrogens is 340 g/mol. The summed E-state index contributed by atoms with van der Waals surface area (Å²) in [5.74, 6) is -0.691. The van der Waals surface area contributed by atoms with Gasteiger partial charge in [0.1, 0.15) is 0 Å². The molecule has 0 atom stereocenters. The topological polar surface area (TPSA) is 74.3 Å². The van der Waals surface area contributed by atoms with Crippen LogP contribution in [-0.4, -0.2) is 43.0 Å². The molecule has 1 aromatic carbocycles. The lowest BCUT2D eigenvalue weighted by atomic mass is 9.96. The molecule has 3 rings (SSSR count). The zero-order chi connectivity index (χ0) is 18.9. The van der Waals surface area contributed by atoms with E-state index in [1.807, 2.05) is 42.5 Å². The Balaban J connectivity index is 1.32. The van der Waals surface area contributed by atoms with Crippen LogP contribution in [0, 0.1) is 5.92 Å². The predicted octanol–water partition coefficient (Wildman–Crippen LogP) is 1.77. The van der Waals surface area contributed by atoms with Crippen molar-refractivity contribution in [1.82, 2.24) is 15.6 Å². The van der Waals surface area contributed by atoms with E-state index in [1.165, 1.54) is 5.69 Å². The third kappa shape index (κ3) is 5.81. The number of rotatable bonds is 6. The van der Waals surface area contributed by atoms with E-state index in [0.29, 0.717) is 25.4 Å². The van der Waals surface area contributed by atoms with Gasteiger partial charge in [0.2, 0.25) is 0 Å². The van der Waals surface area contributed by atoms with Gasteiger partial charge in [0.05, 0.1) is 0 Å². The first-order valence-electron chi connectivity index (χ1n) is 9.47.